The van der Waals surface area contributed by atoms with E-state index in [2.05, 4.69) is 36.3 Å². The molecular weight excluding hydrogens is 444 g/mol. The van der Waals surface area contributed by atoms with Crippen LogP contribution in [0.3, 0.4) is 0 Å². The topological polar surface area (TPSA) is 45.5 Å². The van der Waals surface area contributed by atoms with E-state index in [0.29, 0.717) is 5.56 Å². The van der Waals surface area contributed by atoms with Crippen LogP contribution in [0.5, 0.6) is 5.75 Å². The summed E-state index contributed by atoms with van der Waals surface area (Å²) >= 11 is 6.50. The van der Waals surface area contributed by atoms with Crippen LogP contribution in [0, 0.1) is 0 Å². The number of halogens is 2. The average molecular weight is 456 g/mol. The number of aromatic nitrogens is 1. The number of phenolic OH excluding ortho intramolecular Hbond substituents is 1. The predicted molar refractivity (Wildman–Crippen MR) is 95.0 cm³/mol. The molecule has 3 rings (SSSR count). The van der Waals surface area contributed by atoms with Gasteiger partial charge in [-0.25, -0.2) is 0 Å². The molecule has 0 spiro atoms. The van der Waals surface area contributed by atoms with Gasteiger partial charge in [0.1, 0.15) is 5.75 Å². The maximum absolute atomic E-state index is 9.69. The van der Waals surface area contributed by atoms with E-state index in [1.165, 1.54) is 0 Å². The van der Waals surface area contributed by atoms with Crippen LogP contribution in [0.4, 0.5) is 5.69 Å². The minimum absolute atomic E-state index is 0.125. The molecule has 0 aliphatic carbocycles. The third kappa shape index (κ3) is 4.75. The average Bonchev–Trinajstić information content (AvgIpc) is 2.55. The maximum atomic E-state index is 9.69. The summed E-state index contributed by atoms with van der Waals surface area (Å²) in [6, 6.07) is 16.9. The van der Waals surface area contributed by atoms with Crippen LogP contribution < -0.4 is 0 Å². The fourth-order valence-corrected chi connectivity index (χ4v) is 1.93. The minimum atomic E-state index is 0.125. The van der Waals surface area contributed by atoms with Crippen molar-refractivity contribution in [1.29, 1.82) is 0 Å². The van der Waals surface area contributed by atoms with Crippen LogP contribution in [0.25, 0.3) is 10.9 Å². The Kier molecular flexibility index (Phi) is 7.26. The van der Waals surface area contributed by atoms with Crippen molar-refractivity contribution in [3.63, 3.8) is 0 Å². The van der Waals surface area contributed by atoms with Gasteiger partial charge in [-0.1, -0.05) is 30.3 Å². The molecule has 2 aromatic carbocycles. The first-order chi connectivity index (χ1) is 10.8. The molecule has 0 bridgehead atoms. The van der Waals surface area contributed by atoms with E-state index < -0.39 is 0 Å². The number of aromatic hydroxyl groups is 1. The van der Waals surface area contributed by atoms with Crippen LogP contribution >= 0.6 is 26.3 Å². The first kappa shape index (κ1) is 17.3. The van der Waals surface area contributed by atoms with E-state index >= 15 is 0 Å². The number of benzene rings is 2. The van der Waals surface area contributed by atoms with Gasteiger partial charge in [0.15, 0.2) is 0 Å². The van der Waals surface area contributed by atoms with Gasteiger partial charge in [-0.3, -0.25) is 9.98 Å². The Bertz CT molecular complexity index is 775. The second kappa shape index (κ2) is 9.20. The van der Waals surface area contributed by atoms with Gasteiger partial charge in [-0.2, -0.15) is 0 Å². The summed E-state index contributed by atoms with van der Waals surface area (Å²) in [7, 11) is 0. The zero-order valence-electron chi connectivity index (χ0n) is 11.4. The third-order valence-corrected chi connectivity index (χ3v) is 2.89. The Morgan fingerprint density at radius 2 is 1.73 bits per heavy atom. The van der Waals surface area contributed by atoms with Crippen LogP contribution in [-0.4, -0.2) is 16.3 Å². The molecule has 110 valence electrons. The second-order valence-corrected chi connectivity index (χ2v) is 12.1. The first-order valence-electron chi connectivity index (χ1n) is 6.38. The molecule has 0 atom stereocenters. The molecule has 0 aliphatic heterocycles. The molecule has 0 saturated carbocycles. The van der Waals surface area contributed by atoms with E-state index in [4.69, 9.17) is 0 Å². The zero-order valence-corrected chi connectivity index (χ0v) is 16.2. The molecule has 0 unspecified atom stereocenters. The van der Waals surface area contributed by atoms with Gasteiger partial charge in [0.25, 0.3) is 0 Å². The summed E-state index contributed by atoms with van der Waals surface area (Å²) in [6.07, 6.45) is 3.40. The van der Waals surface area contributed by atoms with Crippen molar-refractivity contribution in [2.45, 2.75) is 0 Å². The molecule has 0 fully saturated rings. The normalized spacial score (nSPS) is 10.3. The van der Waals surface area contributed by atoms with Crippen LogP contribution in [0.1, 0.15) is 5.56 Å². The quantitative estimate of drug-likeness (QED) is 0.416. The number of aliphatic imine (C=N–C) groups is 1. The Morgan fingerprint density at radius 1 is 1.00 bits per heavy atom. The number of nitrogens with zero attached hydrogens (tertiary/aromatic N) is 2. The van der Waals surface area contributed by atoms with Crippen LogP contribution in [0.15, 0.2) is 65.8 Å². The molecule has 0 radical (unpaired) electrons. The Balaban J connectivity index is 0.000000545. The zero-order chi connectivity index (χ0) is 15.8. The molecule has 22 heavy (non-hydrogen) atoms. The Morgan fingerprint density at radius 3 is 2.50 bits per heavy atom. The van der Waals surface area contributed by atoms with Gasteiger partial charge in [0.2, 0.25) is 0 Å². The molecule has 1 heterocycles. The van der Waals surface area contributed by atoms with Crippen LogP contribution in [-0.2, 0) is 15.0 Å². The van der Waals surface area contributed by atoms with Crippen molar-refractivity contribution < 1.29 is 20.1 Å². The second-order valence-electron chi connectivity index (χ2n) is 4.24. The fraction of sp³-hybridized carbons (Fsp3) is 0. The molecule has 1 N–H and O–H groups in total. The Labute approximate surface area is 150 Å². The van der Waals surface area contributed by atoms with Gasteiger partial charge in [-0.15, -0.1) is 0 Å². The van der Waals surface area contributed by atoms with Crippen molar-refractivity contribution >= 4 is 49.1 Å². The van der Waals surface area contributed by atoms with Crippen molar-refractivity contribution in [1.82, 2.24) is 4.98 Å². The summed E-state index contributed by atoms with van der Waals surface area (Å²) in [4.78, 5) is 8.76. The van der Waals surface area contributed by atoms with Crippen molar-refractivity contribution in [3.8, 4) is 5.75 Å². The molecular formula is C16H12Br2N2OTi. The van der Waals surface area contributed by atoms with Crippen molar-refractivity contribution in [2.24, 2.45) is 4.99 Å². The number of para-hydroxylation sites is 2. The summed E-state index contributed by atoms with van der Waals surface area (Å²) < 4.78 is 0. The van der Waals surface area contributed by atoms with E-state index in [1.54, 1.807) is 24.5 Å². The molecule has 3 aromatic rings. The third-order valence-electron chi connectivity index (χ3n) is 2.89. The summed E-state index contributed by atoms with van der Waals surface area (Å²) in [6.45, 7) is 0. The monoisotopic (exact) mass is 454 g/mol. The van der Waals surface area contributed by atoms with E-state index in [1.807, 2.05) is 42.5 Å². The SMILES string of the molecule is Oc1ccccc1C=Nc1cccc2cccnc12.[Br][Ti][Br]. The fourth-order valence-electron chi connectivity index (χ4n) is 1.93. The van der Waals surface area contributed by atoms with Gasteiger partial charge >= 0.3 is 41.3 Å². The predicted octanol–water partition coefficient (Wildman–Crippen LogP) is 5.38. The Hall–Kier alpha value is -1.01. The van der Waals surface area contributed by atoms with Crippen LogP contribution in [0.2, 0.25) is 0 Å². The van der Waals surface area contributed by atoms with E-state index in [9.17, 15) is 5.11 Å². The summed E-state index contributed by atoms with van der Waals surface area (Å²) in [5.74, 6) is 0.222. The molecule has 6 heteroatoms. The first-order valence-corrected chi connectivity index (χ1v) is 14.1. The van der Waals surface area contributed by atoms with Crippen molar-refractivity contribution in [2.75, 3.05) is 0 Å². The van der Waals surface area contributed by atoms with Gasteiger partial charge in [-0.05, 0) is 24.3 Å². The standard InChI is InChI=1S/C16H12N2O.2BrH.Ti/c19-15-9-2-1-5-13(15)11-18-14-8-3-6-12-7-4-10-17-16(12)14;;;/h1-11,19H;2*1H;/q;;;+2/p-2. The number of hydrogen-bond acceptors (Lipinski definition) is 3. The molecule has 0 saturated heterocycles. The van der Waals surface area contributed by atoms with Gasteiger partial charge < -0.3 is 5.11 Å². The number of rotatable bonds is 2. The van der Waals surface area contributed by atoms with E-state index in [-0.39, 0.29) is 20.7 Å². The van der Waals surface area contributed by atoms with Gasteiger partial charge in [0, 0.05) is 23.4 Å². The molecule has 1 aromatic heterocycles. The number of hydrogen-bond donors (Lipinski definition) is 1. The van der Waals surface area contributed by atoms with Gasteiger partial charge in [0.05, 0.1) is 11.2 Å². The number of pyridine rings is 1. The number of phenols is 1. The molecule has 3 nitrogen and oxygen atoms in total. The summed E-state index contributed by atoms with van der Waals surface area (Å²) in [5, 5.41) is 10.7. The summed E-state index contributed by atoms with van der Waals surface area (Å²) in [5.41, 5.74) is 2.34. The van der Waals surface area contributed by atoms with Crippen molar-refractivity contribution in [3.05, 3.63) is 66.4 Å². The molecule has 0 amide bonds. The number of fused-ring (bicyclic) bond motifs is 1. The molecule has 0 aliphatic rings. The van der Waals surface area contributed by atoms with E-state index in [0.717, 1.165) is 16.6 Å².